The van der Waals surface area contributed by atoms with Crippen molar-refractivity contribution in [1.29, 1.82) is 0 Å². The van der Waals surface area contributed by atoms with E-state index in [1.54, 1.807) is 0 Å². The Bertz CT molecular complexity index is 507. The van der Waals surface area contributed by atoms with E-state index in [0.29, 0.717) is 11.2 Å². The Balaban J connectivity index is 1.72. The molecule has 0 radical (unpaired) electrons. The van der Waals surface area contributed by atoms with Gasteiger partial charge < -0.3 is 14.7 Å². The van der Waals surface area contributed by atoms with Gasteiger partial charge in [0.2, 0.25) is 0 Å². The zero-order valence-electron chi connectivity index (χ0n) is 12.2. The van der Waals surface area contributed by atoms with Gasteiger partial charge in [-0.3, -0.25) is 4.79 Å². The van der Waals surface area contributed by atoms with E-state index in [-0.39, 0.29) is 6.61 Å². The predicted octanol–water partition coefficient (Wildman–Crippen LogP) is 2.93. The van der Waals surface area contributed by atoms with Gasteiger partial charge >= 0.3 is 0 Å². The van der Waals surface area contributed by atoms with Gasteiger partial charge in [-0.05, 0) is 49.3 Å². The van der Waals surface area contributed by atoms with Crippen molar-refractivity contribution in [1.82, 2.24) is 0 Å². The van der Waals surface area contributed by atoms with Crippen LogP contribution < -0.4 is 9.62 Å². The highest BCUT2D eigenvalue weighted by Crippen LogP contribution is 2.54. The molecule has 1 aromatic carbocycles. The van der Waals surface area contributed by atoms with Gasteiger partial charge in [-0.25, -0.2) is 0 Å². The number of piperidine rings is 1. The minimum atomic E-state index is 0.158. The van der Waals surface area contributed by atoms with Crippen LogP contribution in [0, 0.1) is 5.41 Å². The molecule has 1 saturated heterocycles. The number of rotatable bonds is 6. The van der Waals surface area contributed by atoms with Gasteiger partial charge in [-0.15, -0.1) is 0 Å². The lowest BCUT2D eigenvalue weighted by Gasteiger charge is -2.34. The second-order valence-electron chi connectivity index (χ2n) is 6.05. The summed E-state index contributed by atoms with van der Waals surface area (Å²) in [6, 6.07) is 5.86. The Morgan fingerprint density at radius 1 is 1.29 bits per heavy atom. The molecule has 1 saturated carbocycles. The second-order valence-corrected chi connectivity index (χ2v) is 6.95. The molecule has 1 aliphatic carbocycles. The molecule has 2 aliphatic rings. The molecule has 1 heterocycles. The summed E-state index contributed by atoms with van der Waals surface area (Å²) in [6.07, 6.45) is 6.23. The molecule has 4 nitrogen and oxygen atoms in total. The maximum atomic E-state index is 11.3. The number of anilines is 2. The summed E-state index contributed by atoms with van der Waals surface area (Å²) in [5.41, 5.74) is 3.43. The predicted molar refractivity (Wildman–Crippen MR) is 88.1 cm³/mol. The van der Waals surface area contributed by atoms with Crippen molar-refractivity contribution < 1.29 is 9.90 Å². The lowest BCUT2D eigenvalue weighted by atomic mass is 9.93. The summed E-state index contributed by atoms with van der Waals surface area (Å²) in [6.45, 7) is 2.26. The summed E-state index contributed by atoms with van der Waals surface area (Å²) in [4.78, 5) is 13.6. The van der Waals surface area contributed by atoms with Gasteiger partial charge in [-0.2, -0.15) is 0 Å². The lowest BCUT2D eigenvalue weighted by Crippen LogP contribution is -2.35. The molecule has 2 fully saturated rings. The van der Waals surface area contributed by atoms with Crippen molar-refractivity contribution >= 4 is 29.6 Å². The van der Waals surface area contributed by atoms with Gasteiger partial charge in [0.15, 0.2) is 6.29 Å². The molecule has 114 valence electrons. The molecule has 0 unspecified atom stereocenters. The first-order valence-electron chi connectivity index (χ1n) is 7.59. The number of nitrogens with one attached hydrogen (secondary N) is 1. The third kappa shape index (κ3) is 3.35. The number of aldehydes is 1. The molecular formula is C16H22N2O2S. The second kappa shape index (κ2) is 6.28. The van der Waals surface area contributed by atoms with E-state index < -0.39 is 0 Å². The molecule has 0 atom stereocenters. The van der Waals surface area contributed by atoms with E-state index >= 15 is 0 Å². The minimum Gasteiger partial charge on any atom is -0.395 e. The molecule has 1 aliphatic heterocycles. The Labute approximate surface area is 130 Å². The molecule has 3 rings (SSSR count). The smallest absolute Gasteiger partial charge is 0.152 e. The Kier molecular flexibility index (Phi) is 4.40. The first-order chi connectivity index (χ1) is 10.3. The third-order valence-corrected chi connectivity index (χ3v) is 5.43. The molecule has 0 amide bonds. The van der Waals surface area contributed by atoms with E-state index in [4.69, 9.17) is 5.11 Å². The van der Waals surface area contributed by atoms with Crippen LogP contribution in [0.2, 0.25) is 0 Å². The topological polar surface area (TPSA) is 52.6 Å². The summed E-state index contributed by atoms with van der Waals surface area (Å²) in [5.74, 6) is 0.650. The zero-order chi connectivity index (χ0) is 14.7. The number of aliphatic hydroxyl groups is 1. The van der Waals surface area contributed by atoms with Gasteiger partial charge in [0.05, 0.1) is 6.61 Å². The van der Waals surface area contributed by atoms with Gasteiger partial charge in [0.25, 0.3) is 0 Å². The van der Waals surface area contributed by atoms with E-state index in [1.165, 1.54) is 37.6 Å². The summed E-state index contributed by atoms with van der Waals surface area (Å²) < 4.78 is 3.22. The van der Waals surface area contributed by atoms with Crippen LogP contribution in [-0.2, 0) is 0 Å². The number of carbonyl (C=O) groups excluding carboxylic acids is 1. The Morgan fingerprint density at radius 3 is 2.67 bits per heavy atom. The van der Waals surface area contributed by atoms with Crippen LogP contribution in [0.5, 0.6) is 0 Å². The SMILES string of the molecule is O=Cc1ccc(NSCCO)cc1N1CCC2(CC1)CC2. The van der Waals surface area contributed by atoms with Gasteiger partial charge in [-0.1, -0.05) is 11.9 Å². The van der Waals surface area contributed by atoms with Crippen LogP contribution in [0.25, 0.3) is 0 Å². The zero-order valence-corrected chi connectivity index (χ0v) is 13.0. The van der Waals surface area contributed by atoms with Crippen LogP contribution in [0.4, 0.5) is 11.4 Å². The van der Waals surface area contributed by atoms with Crippen molar-refractivity contribution in [3.63, 3.8) is 0 Å². The molecule has 0 bridgehead atoms. The fourth-order valence-electron chi connectivity index (χ4n) is 3.06. The van der Waals surface area contributed by atoms with E-state index in [1.807, 2.05) is 12.1 Å². The molecule has 21 heavy (non-hydrogen) atoms. The average molecular weight is 306 g/mol. The highest BCUT2D eigenvalue weighted by atomic mass is 32.2. The van der Waals surface area contributed by atoms with E-state index in [2.05, 4.69) is 15.7 Å². The fraction of sp³-hybridized carbons (Fsp3) is 0.562. The highest BCUT2D eigenvalue weighted by Gasteiger charge is 2.44. The minimum absolute atomic E-state index is 0.158. The maximum absolute atomic E-state index is 11.3. The lowest BCUT2D eigenvalue weighted by molar-refractivity contribution is 0.112. The largest absolute Gasteiger partial charge is 0.395 e. The van der Waals surface area contributed by atoms with Crippen LogP contribution >= 0.6 is 11.9 Å². The first kappa shape index (κ1) is 14.7. The number of benzene rings is 1. The Morgan fingerprint density at radius 2 is 2.05 bits per heavy atom. The van der Waals surface area contributed by atoms with E-state index in [9.17, 15) is 4.79 Å². The first-order valence-corrected chi connectivity index (χ1v) is 8.58. The third-order valence-electron chi connectivity index (χ3n) is 4.66. The number of carbonyl (C=O) groups is 1. The standard InChI is InChI=1S/C16H22N2O2S/c19-9-10-21-17-14-2-1-13(12-20)15(11-14)18-7-5-16(3-4-16)6-8-18/h1-2,11-12,17,19H,3-10H2. The Hall–Kier alpha value is -1.20. The quantitative estimate of drug-likeness (QED) is 0.481. The fourth-order valence-corrected chi connectivity index (χ4v) is 3.55. The van der Waals surface area contributed by atoms with Crippen molar-refractivity contribution in [3.05, 3.63) is 23.8 Å². The molecule has 1 spiro atoms. The molecule has 1 aromatic rings. The normalized spacial score (nSPS) is 19.6. The van der Waals surface area contributed by atoms with Gasteiger partial charge in [0.1, 0.15) is 0 Å². The molecule has 0 aromatic heterocycles. The number of hydrogen-bond acceptors (Lipinski definition) is 5. The van der Waals surface area contributed by atoms with Crippen molar-refractivity contribution in [3.8, 4) is 0 Å². The van der Waals surface area contributed by atoms with Crippen molar-refractivity contribution in [2.45, 2.75) is 25.7 Å². The van der Waals surface area contributed by atoms with E-state index in [0.717, 1.165) is 36.3 Å². The van der Waals surface area contributed by atoms with Crippen LogP contribution in [0.15, 0.2) is 18.2 Å². The molecule has 2 N–H and O–H groups in total. The van der Waals surface area contributed by atoms with Crippen molar-refractivity contribution in [2.75, 3.05) is 35.1 Å². The summed E-state index contributed by atoms with van der Waals surface area (Å²) in [5, 5.41) is 8.82. The number of hydrogen-bond donors (Lipinski definition) is 2. The summed E-state index contributed by atoms with van der Waals surface area (Å²) in [7, 11) is 0. The van der Waals surface area contributed by atoms with Crippen LogP contribution in [-0.4, -0.2) is 36.8 Å². The van der Waals surface area contributed by atoms with Gasteiger partial charge in [0, 0.05) is 35.8 Å². The average Bonchev–Trinajstić information content (AvgIpc) is 3.27. The molecular weight excluding hydrogens is 284 g/mol. The van der Waals surface area contributed by atoms with Crippen LogP contribution in [0.3, 0.4) is 0 Å². The number of nitrogens with zero attached hydrogens (tertiary/aromatic N) is 1. The summed E-state index contributed by atoms with van der Waals surface area (Å²) >= 11 is 1.48. The van der Waals surface area contributed by atoms with Crippen molar-refractivity contribution in [2.24, 2.45) is 5.41 Å². The number of aliphatic hydroxyl groups excluding tert-OH is 1. The maximum Gasteiger partial charge on any atom is 0.152 e. The monoisotopic (exact) mass is 306 g/mol. The highest BCUT2D eigenvalue weighted by molar-refractivity contribution is 8.00. The molecule has 5 heteroatoms. The van der Waals surface area contributed by atoms with Crippen LogP contribution in [0.1, 0.15) is 36.0 Å².